The topological polar surface area (TPSA) is 47.6 Å². The van der Waals surface area contributed by atoms with Gasteiger partial charge in [0.2, 0.25) is 0 Å². The summed E-state index contributed by atoms with van der Waals surface area (Å²) in [5.41, 5.74) is 1.80. The number of nitrogens with one attached hydrogen (secondary N) is 1. The molecule has 0 aliphatic carbocycles. The molecule has 0 saturated carbocycles. The number of carbonyl (C=O) groups is 1. The van der Waals surface area contributed by atoms with Gasteiger partial charge in [0.1, 0.15) is 11.5 Å². The fraction of sp³-hybridized carbons (Fsp3) is 0.350. The Morgan fingerprint density at radius 1 is 1.08 bits per heavy atom. The predicted octanol–water partition coefficient (Wildman–Crippen LogP) is 4.62. The molecule has 2 aromatic carbocycles. The smallest absolute Gasteiger partial charge is 0.262 e. The van der Waals surface area contributed by atoms with Crippen molar-refractivity contribution in [1.82, 2.24) is 0 Å². The fourth-order valence-electron chi connectivity index (χ4n) is 2.31. The van der Waals surface area contributed by atoms with Gasteiger partial charge in [-0.3, -0.25) is 4.79 Å². The first-order valence-electron chi connectivity index (χ1n) is 8.34. The van der Waals surface area contributed by atoms with Crippen LogP contribution in [0.2, 0.25) is 0 Å². The van der Waals surface area contributed by atoms with Crippen molar-refractivity contribution in [2.75, 3.05) is 18.5 Å². The Bertz CT molecular complexity index is 667. The zero-order chi connectivity index (χ0) is 17.4. The Morgan fingerprint density at radius 2 is 1.88 bits per heavy atom. The van der Waals surface area contributed by atoms with Gasteiger partial charge in [0.15, 0.2) is 6.61 Å². The molecule has 0 radical (unpaired) electrons. The van der Waals surface area contributed by atoms with Crippen molar-refractivity contribution in [2.24, 2.45) is 0 Å². The highest BCUT2D eigenvalue weighted by molar-refractivity contribution is 5.92. The van der Waals surface area contributed by atoms with Crippen molar-refractivity contribution in [3.8, 4) is 11.5 Å². The maximum Gasteiger partial charge on any atom is 0.262 e. The summed E-state index contributed by atoms with van der Waals surface area (Å²) in [5, 5.41) is 2.83. The van der Waals surface area contributed by atoms with Gasteiger partial charge in [0.05, 0.1) is 6.61 Å². The molecule has 0 aliphatic heterocycles. The first kappa shape index (κ1) is 17.9. The lowest BCUT2D eigenvalue weighted by Crippen LogP contribution is -2.20. The van der Waals surface area contributed by atoms with Crippen molar-refractivity contribution in [3.05, 3.63) is 54.1 Å². The second-order valence-corrected chi connectivity index (χ2v) is 5.91. The van der Waals surface area contributed by atoms with E-state index in [1.165, 1.54) is 0 Å². The first-order chi connectivity index (χ1) is 11.6. The average Bonchev–Trinajstić information content (AvgIpc) is 2.58. The molecule has 0 heterocycles. The van der Waals surface area contributed by atoms with E-state index in [0.29, 0.717) is 18.2 Å². The molecular weight excluding hydrogens is 302 g/mol. The lowest BCUT2D eigenvalue weighted by Gasteiger charge is -2.14. The number of ether oxygens (including phenoxy) is 2. The van der Waals surface area contributed by atoms with Crippen LogP contribution < -0.4 is 14.8 Å². The Labute approximate surface area is 143 Å². The molecule has 128 valence electrons. The van der Waals surface area contributed by atoms with Gasteiger partial charge in [-0.2, -0.15) is 0 Å². The highest BCUT2D eigenvalue weighted by atomic mass is 16.5. The number of benzene rings is 2. The summed E-state index contributed by atoms with van der Waals surface area (Å²) in [6, 6.07) is 15.2. The van der Waals surface area contributed by atoms with E-state index in [-0.39, 0.29) is 12.5 Å². The number of amides is 1. The number of hydrogen-bond donors (Lipinski definition) is 1. The van der Waals surface area contributed by atoms with Crippen LogP contribution in [0.3, 0.4) is 0 Å². The number of anilines is 1. The number of para-hydroxylation sites is 1. The summed E-state index contributed by atoms with van der Waals surface area (Å²) in [6.07, 6.45) is 0.944. The van der Waals surface area contributed by atoms with Gasteiger partial charge in [-0.25, -0.2) is 0 Å². The number of carbonyl (C=O) groups excluding carboxylic acids is 1. The third kappa shape index (κ3) is 5.30. The Morgan fingerprint density at radius 3 is 2.62 bits per heavy atom. The van der Waals surface area contributed by atoms with Crippen molar-refractivity contribution < 1.29 is 14.3 Å². The van der Waals surface area contributed by atoms with Crippen molar-refractivity contribution in [2.45, 2.75) is 33.1 Å². The molecule has 4 heteroatoms. The molecule has 0 saturated heterocycles. The molecule has 1 amide bonds. The van der Waals surface area contributed by atoms with Crippen LogP contribution >= 0.6 is 0 Å². The molecule has 0 unspecified atom stereocenters. The van der Waals surface area contributed by atoms with E-state index < -0.39 is 0 Å². The minimum Gasteiger partial charge on any atom is -0.494 e. The zero-order valence-electron chi connectivity index (χ0n) is 14.5. The van der Waals surface area contributed by atoms with E-state index >= 15 is 0 Å². The molecule has 0 spiro atoms. The molecule has 0 bridgehead atoms. The minimum absolute atomic E-state index is 0.0240. The van der Waals surface area contributed by atoms with E-state index in [0.717, 1.165) is 23.5 Å². The summed E-state index contributed by atoms with van der Waals surface area (Å²) in [7, 11) is 0. The Kier molecular flexibility index (Phi) is 6.67. The summed E-state index contributed by atoms with van der Waals surface area (Å²) in [5.74, 6) is 1.65. The third-order valence-corrected chi connectivity index (χ3v) is 3.49. The van der Waals surface area contributed by atoms with Crippen LogP contribution in [0.1, 0.15) is 38.7 Å². The molecule has 0 aliphatic rings. The van der Waals surface area contributed by atoms with E-state index in [1.54, 1.807) is 0 Å². The normalized spacial score (nSPS) is 10.5. The monoisotopic (exact) mass is 327 g/mol. The van der Waals surface area contributed by atoms with E-state index in [9.17, 15) is 4.79 Å². The van der Waals surface area contributed by atoms with Crippen LogP contribution in [0.25, 0.3) is 0 Å². The number of rotatable bonds is 8. The predicted molar refractivity (Wildman–Crippen MR) is 96.9 cm³/mol. The van der Waals surface area contributed by atoms with Crippen LogP contribution in [0.4, 0.5) is 5.69 Å². The molecule has 0 atom stereocenters. The quantitative estimate of drug-likeness (QED) is 0.770. The Balaban J connectivity index is 1.92. The zero-order valence-corrected chi connectivity index (χ0v) is 14.5. The van der Waals surface area contributed by atoms with Crippen molar-refractivity contribution >= 4 is 11.6 Å². The van der Waals surface area contributed by atoms with E-state index in [1.807, 2.05) is 48.5 Å². The Hall–Kier alpha value is -2.49. The van der Waals surface area contributed by atoms with Crippen molar-refractivity contribution in [3.63, 3.8) is 0 Å². The highest BCUT2D eigenvalue weighted by Gasteiger charge is 2.09. The standard InChI is InChI=1S/C20H25NO3/c1-4-12-23-17-9-7-8-16(13-17)21-20(22)14-24-19-11-6-5-10-18(19)15(2)3/h5-11,13,15H,4,12,14H2,1-3H3,(H,21,22). The summed E-state index contributed by atoms with van der Waals surface area (Å²) < 4.78 is 11.3. The third-order valence-electron chi connectivity index (χ3n) is 3.49. The van der Waals surface area contributed by atoms with Gasteiger partial charge in [-0.05, 0) is 36.1 Å². The average molecular weight is 327 g/mol. The largest absolute Gasteiger partial charge is 0.494 e. The van der Waals surface area contributed by atoms with Crippen LogP contribution in [0.5, 0.6) is 11.5 Å². The summed E-state index contributed by atoms with van der Waals surface area (Å²) in [4.78, 5) is 12.1. The maximum absolute atomic E-state index is 12.1. The highest BCUT2D eigenvalue weighted by Crippen LogP contribution is 2.25. The van der Waals surface area contributed by atoms with Crippen molar-refractivity contribution in [1.29, 1.82) is 0 Å². The second kappa shape index (κ2) is 8.96. The van der Waals surface area contributed by atoms with Crippen LogP contribution in [0, 0.1) is 0 Å². The van der Waals surface area contributed by atoms with Gasteiger partial charge in [-0.15, -0.1) is 0 Å². The molecule has 1 N–H and O–H groups in total. The van der Waals surface area contributed by atoms with Crippen LogP contribution in [-0.2, 0) is 4.79 Å². The van der Waals surface area contributed by atoms with Crippen LogP contribution in [0.15, 0.2) is 48.5 Å². The lowest BCUT2D eigenvalue weighted by atomic mass is 10.0. The molecule has 0 aromatic heterocycles. The number of hydrogen-bond acceptors (Lipinski definition) is 3. The lowest BCUT2D eigenvalue weighted by molar-refractivity contribution is -0.118. The maximum atomic E-state index is 12.1. The molecule has 0 fully saturated rings. The van der Waals surface area contributed by atoms with Gasteiger partial charge in [-0.1, -0.05) is 45.0 Å². The molecule has 2 aromatic rings. The SMILES string of the molecule is CCCOc1cccc(NC(=O)COc2ccccc2C(C)C)c1. The van der Waals surface area contributed by atoms with Gasteiger partial charge < -0.3 is 14.8 Å². The molecule has 2 rings (SSSR count). The molecular formula is C20H25NO3. The van der Waals surface area contributed by atoms with E-state index in [2.05, 4.69) is 26.1 Å². The van der Waals surface area contributed by atoms with Crippen LogP contribution in [-0.4, -0.2) is 19.1 Å². The van der Waals surface area contributed by atoms with Gasteiger partial charge >= 0.3 is 0 Å². The van der Waals surface area contributed by atoms with Gasteiger partial charge in [0.25, 0.3) is 5.91 Å². The summed E-state index contributed by atoms with van der Waals surface area (Å²) >= 11 is 0. The van der Waals surface area contributed by atoms with E-state index in [4.69, 9.17) is 9.47 Å². The van der Waals surface area contributed by atoms with Gasteiger partial charge in [0, 0.05) is 11.8 Å². The first-order valence-corrected chi connectivity index (χ1v) is 8.34. The minimum atomic E-state index is -0.193. The molecule has 4 nitrogen and oxygen atoms in total. The second-order valence-electron chi connectivity index (χ2n) is 5.91. The fourth-order valence-corrected chi connectivity index (χ4v) is 2.31. The molecule has 24 heavy (non-hydrogen) atoms. The summed E-state index contributed by atoms with van der Waals surface area (Å²) in [6.45, 7) is 6.89.